The zero-order valence-electron chi connectivity index (χ0n) is 14.1. The topological polar surface area (TPSA) is 43.3 Å². The molecule has 0 unspecified atom stereocenters. The van der Waals surface area contributed by atoms with E-state index in [9.17, 15) is 4.79 Å². The Labute approximate surface area is 142 Å². The molecule has 0 bridgehead atoms. The number of hydrogen-bond donors (Lipinski definition) is 1. The first-order chi connectivity index (χ1) is 11.7. The summed E-state index contributed by atoms with van der Waals surface area (Å²) >= 11 is 0. The Kier molecular flexibility index (Phi) is 4.85. The minimum absolute atomic E-state index is 0.0427. The smallest absolute Gasteiger partial charge is 0.228 e. The molecular formula is C20H22N2O2. The SMILES string of the molecule is CCCOc1ccccc1NC(=O)Cc1cn(C)c2ccccc12. The molecule has 0 aliphatic rings. The summed E-state index contributed by atoms with van der Waals surface area (Å²) in [7, 11) is 2.00. The molecule has 1 amide bonds. The summed E-state index contributed by atoms with van der Waals surface area (Å²) in [5.74, 6) is 0.671. The monoisotopic (exact) mass is 322 g/mol. The van der Waals surface area contributed by atoms with E-state index in [2.05, 4.69) is 28.9 Å². The second-order valence-corrected chi connectivity index (χ2v) is 5.85. The van der Waals surface area contributed by atoms with Crippen molar-refractivity contribution in [3.8, 4) is 5.75 Å². The molecule has 4 heteroatoms. The highest BCUT2D eigenvalue weighted by Crippen LogP contribution is 2.25. The average molecular weight is 322 g/mol. The van der Waals surface area contributed by atoms with Crippen LogP contribution in [0.3, 0.4) is 0 Å². The van der Waals surface area contributed by atoms with Gasteiger partial charge in [0, 0.05) is 24.1 Å². The van der Waals surface area contributed by atoms with Crippen molar-refractivity contribution in [3.05, 3.63) is 60.3 Å². The Hall–Kier alpha value is -2.75. The number of rotatable bonds is 6. The molecule has 0 saturated heterocycles. The maximum atomic E-state index is 12.5. The van der Waals surface area contributed by atoms with Gasteiger partial charge in [0.2, 0.25) is 5.91 Å². The third kappa shape index (κ3) is 3.43. The molecule has 3 rings (SSSR count). The molecule has 1 heterocycles. The van der Waals surface area contributed by atoms with Crippen molar-refractivity contribution in [1.82, 2.24) is 4.57 Å². The number of benzene rings is 2. The highest BCUT2D eigenvalue weighted by atomic mass is 16.5. The van der Waals surface area contributed by atoms with Gasteiger partial charge >= 0.3 is 0 Å². The van der Waals surface area contributed by atoms with Crippen LogP contribution < -0.4 is 10.1 Å². The maximum absolute atomic E-state index is 12.5. The van der Waals surface area contributed by atoms with Crippen LogP contribution in [0, 0.1) is 0 Å². The Bertz CT molecular complexity index is 852. The Morgan fingerprint density at radius 1 is 1.12 bits per heavy atom. The number of hydrogen-bond acceptors (Lipinski definition) is 2. The predicted octanol–water partition coefficient (Wildman–Crippen LogP) is 4.15. The molecule has 0 spiro atoms. The van der Waals surface area contributed by atoms with Crippen molar-refractivity contribution >= 4 is 22.5 Å². The van der Waals surface area contributed by atoms with Crippen LogP contribution in [0.2, 0.25) is 0 Å². The van der Waals surface area contributed by atoms with Gasteiger partial charge in [0.25, 0.3) is 0 Å². The van der Waals surface area contributed by atoms with Crippen LogP contribution in [0.15, 0.2) is 54.7 Å². The molecule has 3 aromatic rings. The summed E-state index contributed by atoms with van der Waals surface area (Å²) in [6.07, 6.45) is 3.28. The van der Waals surface area contributed by atoms with Gasteiger partial charge in [-0.3, -0.25) is 4.79 Å². The van der Waals surface area contributed by atoms with Crippen molar-refractivity contribution in [3.63, 3.8) is 0 Å². The molecule has 0 saturated carbocycles. The third-order valence-corrected chi connectivity index (χ3v) is 3.95. The van der Waals surface area contributed by atoms with Crippen molar-refractivity contribution in [2.24, 2.45) is 7.05 Å². The number of para-hydroxylation sites is 3. The summed E-state index contributed by atoms with van der Waals surface area (Å²) < 4.78 is 7.74. The normalized spacial score (nSPS) is 10.8. The predicted molar refractivity (Wildman–Crippen MR) is 97.5 cm³/mol. The average Bonchev–Trinajstić information content (AvgIpc) is 2.90. The molecule has 0 aliphatic carbocycles. The van der Waals surface area contributed by atoms with E-state index in [0.717, 1.165) is 28.6 Å². The number of amides is 1. The lowest BCUT2D eigenvalue weighted by Crippen LogP contribution is -2.15. The van der Waals surface area contributed by atoms with Gasteiger partial charge in [-0.05, 0) is 30.2 Å². The number of nitrogens with one attached hydrogen (secondary N) is 1. The van der Waals surface area contributed by atoms with E-state index in [0.29, 0.717) is 18.8 Å². The number of carbonyl (C=O) groups is 1. The Morgan fingerprint density at radius 2 is 1.88 bits per heavy atom. The van der Waals surface area contributed by atoms with Crippen LogP contribution in [0.5, 0.6) is 5.75 Å². The van der Waals surface area contributed by atoms with Crippen LogP contribution in [-0.4, -0.2) is 17.1 Å². The standard InChI is InChI=1S/C20H22N2O2/c1-3-12-24-19-11-7-5-9-17(19)21-20(23)13-15-14-22(2)18-10-6-4-8-16(15)18/h4-11,14H,3,12-13H2,1-2H3,(H,21,23). The van der Waals surface area contributed by atoms with Crippen LogP contribution in [0.4, 0.5) is 5.69 Å². The summed E-state index contributed by atoms with van der Waals surface area (Å²) in [6.45, 7) is 2.69. The minimum atomic E-state index is -0.0427. The van der Waals surface area contributed by atoms with E-state index in [1.54, 1.807) is 0 Å². The third-order valence-electron chi connectivity index (χ3n) is 3.95. The molecule has 124 valence electrons. The molecule has 1 aromatic heterocycles. The van der Waals surface area contributed by atoms with Crippen LogP contribution in [0.1, 0.15) is 18.9 Å². The zero-order chi connectivity index (χ0) is 16.9. The molecule has 0 atom stereocenters. The van der Waals surface area contributed by atoms with Crippen molar-refractivity contribution in [2.45, 2.75) is 19.8 Å². The van der Waals surface area contributed by atoms with Gasteiger partial charge in [-0.25, -0.2) is 0 Å². The molecule has 24 heavy (non-hydrogen) atoms. The van der Waals surface area contributed by atoms with Gasteiger partial charge in [0.05, 0.1) is 18.7 Å². The quantitative estimate of drug-likeness (QED) is 0.741. The van der Waals surface area contributed by atoms with E-state index in [4.69, 9.17) is 4.74 Å². The van der Waals surface area contributed by atoms with E-state index in [1.165, 1.54) is 0 Å². The van der Waals surface area contributed by atoms with Gasteiger partial charge in [-0.2, -0.15) is 0 Å². The molecule has 0 fully saturated rings. The van der Waals surface area contributed by atoms with Crippen LogP contribution in [-0.2, 0) is 18.3 Å². The van der Waals surface area contributed by atoms with Crippen molar-refractivity contribution in [1.29, 1.82) is 0 Å². The summed E-state index contributed by atoms with van der Waals surface area (Å²) in [5, 5.41) is 4.09. The molecule has 2 aromatic carbocycles. The van der Waals surface area contributed by atoms with Gasteiger partial charge in [0.15, 0.2) is 0 Å². The fourth-order valence-electron chi connectivity index (χ4n) is 2.84. The number of ether oxygens (including phenoxy) is 1. The Balaban J connectivity index is 1.76. The summed E-state index contributed by atoms with van der Waals surface area (Å²) in [4.78, 5) is 12.5. The number of aromatic nitrogens is 1. The van der Waals surface area contributed by atoms with E-state index >= 15 is 0 Å². The largest absolute Gasteiger partial charge is 0.491 e. The number of fused-ring (bicyclic) bond motifs is 1. The molecular weight excluding hydrogens is 300 g/mol. The first kappa shape index (κ1) is 16.1. The molecule has 1 N–H and O–H groups in total. The lowest BCUT2D eigenvalue weighted by atomic mass is 10.1. The number of anilines is 1. The van der Waals surface area contributed by atoms with E-state index < -0.39 is 0 Å². The number of aryl methyl sites for hydroxylation is 1. The number of nitrogens with zero attached hydrogens (tertiary/aromatic N) is 1. The summed E-state index contributed by atoms with van der Waals surface area (Å²) in [5.41, 5.74) is 2.88. The van der Waals surface area contributed by atoms with Crippen molar-refractivity contribution in [2.75, 3.05) is 11.9 Å². The minimum Gasteiger partial charge on any atom is -0.491 e. The fourth-order valence-corrected chi connectivity index (χ4v) is 2.84. The maximum Gasteiger partial charge on any atom is 0.228 e. The van der Waals surface area contributed by atoms with Crippen LogP contribution >= 0.6 is 0 Å². The molecule has 0 radical (unpaired) electrons. The molecule has 0 aliphatic heterocycles. The van der Waals surface area contributed by atoms with E-state index in [-0.39, 0.29) is 5.91 Å². The van der Waals surface area contributed by atoms with Gasteiger partial charge < -0.3 is 14.6 Å². The fraction of sp³-hybridized carbons (Fsp3) is 0.250. The highest BCUT2D eigenvalue weighted by molar-refractivity contribution is 5.96. The molecule has 4 nitrogen and oxygen atoms in total. The van der Waals surface area contributed by atoms with Crippen LogP contribution in [0.25, 0.3) is 10.9 Å². The van der Waals surface area contributed by atoms with Gasteiger partial charge in [-0.1, -0.05) is 37.3 Å². The zero-order valence-corrected chi connectivity index (χ0v) is 14.1. The summed E-state index contributed by atoms with van der Waals surface area (Å²) in [6, 6.07) is 15.7. The van der Waals surface area contributed by atoms with E-state index in [1.807, 2.05) is 49.6 Å². The van der Waals surface area contributed by atoms with Gasteiger partial charge in [0.1, 0.15) is 5.75 Å². The second-order valence-electron chi connectivity index (χ2n) is 5.85. The second kappa shape index (κ2) is 7.21. The number of carbonyl (C=O) groups excluding carboxylic acids is 1. The lowest BCUT2D eigenvalue weighted by Gasteiger charge is -2.11. The van der Waals surface area contributed by atoms with Gasteiger partial charge in [-0.15, -0.1) is 0 Å². The first-order valence-corrected chi connectivity index (χ1v) is 8.23. The highest BCUT2D eigenvalue weighted by Gasteiger charge is 2.12. The first-order valence-electron chi connectivity index (χ1n) is 8.23. The van der Waals surface area contributed by atoms with Crippen molar-refractivity contribution < 1.29 is 9.53 Å². The Morgan fingerprint density at radius 3 is 2.71 bits per heavy atom. The lowest BCUT2D eigenvalue weighted by molar-refractivity contribution is -0.115.